The highest BCUT2D eigenvalue weighted by Crippen LogP contribution is 2.27. The third-order valence-electron chi connectivity index (χ3n) is 5.68. The van der Waals surface area contributed by atoms with Crippen molar-refractivity contribution in [2.45, 2.75) is 33.7 Å². The van der Waals surface area contributed by atoms with Gasteiger partial charge in [0.2, 0.25) is 5.91 Å². The van der Waals surface area contributed by atoms with E-state index in [2.05, 4.69) is 31.3 Å². The van der Waals surface area contributed by atoms with Gasteiger partial charge in [-0.3, -0.25) is 4.79 Å². The first-order chi connectivity index (χ1) is 15.3. The fraction of sp³-hybridized carbons (Fsp3) is 0.192. The first-order valence-corrected chi connectivity index (χ1v) is 10.5. The molecule has 0 unspecified atom stereocenters. The van der Waals surface area contributed by atoms with Gasteiger partial charge in [-0.15, -0.1) is 0 Å². The summed E-state index contributed by atoms with van der Waals surface area (Å²) >= 11 is 0. The van der Waals surface area contributed by atoms with E-state index in [1.54, 1.807) is 12.1 Å². The number of nitrogens with zero attached hydrogens (tertiary/aromatic N) is 2. The van der Waals surface area contributed by atoms with Gasteiger partial charge in [-0.1, -0.05) is 24.3 Å². The lowest BCUT2D eigenvalue weighted by atomic mass is 10.0. The third kappa shape index (κ3) is 4.39. The minimum atomic E-state index is -0.970. The standard InChI is InChI=1S/C26H25N3O3/c1-16-10-11-29-22(14-24(30)27-15-19-5-8-20(9-6-19)26(31)32)25(28-23(29)12-16)21-7-4-17(2)18(3)13-21/h4-13H,14-15H2,1-3H3,(H,27,30)(H,31,32). The van der Waals surface area contributed by atoms with Crippen molar-refractivity contribution in [3.63, 3.8) is 0 Å². The van der Waals surface area contributed by atoms with Crippen LogP contribution in [0.1, 0.15) is 38.3 Å². The summed E-state index contributed by atoms with van der Waals surface area (Å²) in [6, 6.07) is 16.7. The minimum Gasteiger partial charge on any atom is -0.478 e. The number of rotatable bonds is 6. The molecule has 162 valence electrons. The summed E-state index contributed by atoms with van der Waals surface area (Å²) in [6.07, 6.45) is 2.13. The number of carboxylic acids is 1. The van der Waals surface area contributed by atoms with E-state index in [4.69, 9.17) is 10.1 Å². The number of amides is 1. The van der Waals surface area contributed by atoms with E-state index < -0.39 is 5.97 Å². The smallest absolute Gasteiger partial charge is 0.335 e. The van der Waals surface area contributed by atoms with E-state index in [0.29, 0.717) is 6.54 Å². The predicted molar refractivity (Wildman–Crippen MR) is 124 cm³/mol. The van der Waals surface area contributed by atoms with Gasteiger partial charge >= 0.3 is 5.97 Å². The number of aryl methyl sites for hydroxylation is 3. The van der Waals surface area contributed by atoms with Gasteiger partial charge in [-0.2, -0.15) is 0 Å². The van der Waals surface area contributed by atoms with E-state index in [1.165, 1.54) is 23.3 Å². The zero-order valence-corrected chi connectivity index (χ0v) is 18.3. The van der Waals surface area contributed by atoms with Crippen LogP contribution in [0, 0.1) is 20.8 Å². The van der Waals surface area contributed by atoms with Gasteiger partial charge in [0.05, 0.1) is 23.4 Å². The Morgan fingerprint density at radius 2 is 1.72 bits per heavy atom. The number of aromatic nitrogens is 2. The molecule has 0 aliphatic carbocycles. The second-order valence-corrected chi connectivity index (χ2v) is 8.09. The van der Waals surface area contributed by atoms with E-state index in [1.807, 2.05) is 35.7 Å². The van der Waals surface area contributed by atoms with Crippen LogP contribution < -0.4 is 5.32 Å². The SMILES string of the molecule is Cc1ccn2c(CC(=O)NCc3ccc(C(=O)O)cc3)c(-c3ccc(C)c(C)c3)nc2c1. The zero-order valence-electron chi connectivity index (χ0n) is 18.3. The van der Waals surface area contributed by atoms with Gasteiger partial charge in [0, 0.05) is 18.3 Å². The van der Waals surface area contributed by atoms with Gasteiger partial charge < -0.3 is 14.8 Å². The number of aromatic carboxylic acids is 1. The lowest BCUT2D eigenvalue weighted by Gasteiger charge is -2.09. The van der Waals surface area contributed by atoms with Crippen molar-refractivity contribution in [1.82, 2.24) is 14.7 Å². The van der Waals surface area contributed by atoms with Crippen molar-refractivity contribution in [1.29, 1.82) is 0 Å². The molecule has 0 aliphatic heterocycles. The Morgan fingerprint density at radius 3 is 2.41 bits per heavy atom. The Kier molecular flexibility index (Phi) is 5.77. The molecule has 0 fully saturated rings. The fourth-order valence-electron chi connectivity index (χ4n) is 3.67. The van der Waals surface area contributed by atoms with Crippen LogP contribution in [0.3, 0.4) is 0 Å². The van der Waals surface area contributed by atoms with E-state index in [0.717, 1.165) is 33.7 Å². The Morgan fingerprint density at radius 1 is 0.969 bits per heavy atom. The number of nitrogens with one attached hydrogen (secondary N) is 1. The van der Waals surface area contributed by atoms with Crippen molar-refractivity contribution >= 4 is 17.5 Å². The second kappa shape index (κ2) is 8.67. The highest BCUT2D eigenvalue weighted by Gasteiger charge is 2.18. The maximum atomic E-state index is 12.8. The van der Waals surface area contributed by atoms with Crippen molar-refractivity contribution in [3.05, 3.63) is 94.3 Å². The average molecular weight is 428 g/mol. The summed E-state index contributed by atoms with van der Waals surface area (Å²) in [5.74, 6) is -1.10. The molecular formula is C26H25N3O3. The number of hydrogen-bond acceptors (Lipinski definition) is 3. The Labute approximate surface area is 186 Å². The summed E-state index contributed by atoms with van der Waals surface area (Å²) in [7, 11) is 0. The molecule has 2 aromatic heterocycles. The van der Waals surface area contributed by atoms with Gasteiger partial charge in [0.1, 0.15) is 5.65 Å². The molecule has 4 aromatic rings. The Bertz CT molecular complexity index is 1320. The summed E-state index contributed by atoms with van der Waals surface area (Å²) < 4.78 is 1.97. The predicted octanol–water partition coefficient (Wildman–Crippen LogP) is 4.48. The van der Waals surface area contributed by atoms with E-state index >= 15 is 0 Å². The molecule has 0 radical (unpaired) electrons. The summed E-state index contributed by atoms with van der Waals surface area (Å²) in [5.41, 5.74) is 7.99. The van der Waals surface area contributed by atoms with Crippen LogP contribution in [0.25, 0.3) is 16.9 Å². The number of hydrogen-bond donors (Lipinski definition) is 2. The molecule has 6 heteroatoms. The highest BCUT2D eigenvalue weighted by atomic mass is 16.4. The summed E-state index contributed by atoms with van der Waals surface area (Å²) in [4.78, 5) is 28.7. The molecule has 0 saturated carbocycles. The zero-order chi connectivity index (χ0) is 22.8. The quantitative estimate of drug-likeness (QED) is 0.475. The molecule has 0 aliphatic rings. The molecule has 32 heavy (non-hydrogen) atoms. The van der Waals surface area contributed by atoms with Crippen LogP contribution in [0.4, 0.5) is 0 Å². The van der Waals surface area contributed by atoms with Crippen molar-refractivity contribution in [2.24, 2.45) is 0 Å². The number of carbonyl (C=O) groups excluding carboxylic acids is 1. The van der Waals surface area contributed by atoms with Crippen LogP contribution in [0.2, 0.25) is 0 Å². The van der Waals surface area contributed by atoms with Crippen LogP contribution in [0.15, 0.2) is 60.8 Å². The molecule has 6 nitrogen and oxygen atoms in total. The average Bonchev–Trinajstić information content (AvgIpc) is 3.11. The summed E-state index contributed by atoms with van der Waals surface area (Å²) in [5, 5.41) is 11.9. The molecule has 1 amide bonds. The maximum Gasteiger partial charge on any atom is 0.335 e. The van der Waals surface area contributed by atoms with Gasteiger partial charge in [0.25, 0.3) is 0 Å². The monoisotopic (exact) mass is 427 g/mol. The number of pyridine rings is 1. The topological polar surface area (TPSA) is 83.7 Å². The normalized spacial score (nSPS) is 11.0. The number of benzene rings is 2. The molecular weight excluding hydrogens is 402 g/mol. The maximum absolute atomic E-state index is 12.8. The van der Waals surface area contributed by atoms with Gasteiger partial charge in [0.15, 0.2) is 0 Å². The van der Waals surface area contributed by atoms with Crippen molar-refractivity contribution in [3.8, 4) is 11.3 Å². The Hall–Kier alpha value is -3.93. The van der Waals surface area contributed by atoms with Gasteiger partial charge in [-0.05, 0) is 73.4 Å². The first-order valence-electron chi connectivity index (χ1n) is 10.5. The number of carbonyl (C=O) groups is 2. The Balaban J connectivity index is 1.60. The molecule has 2 heterocycles. The van der Waals surface area contributed by atoms with Crippen molar-refractivity contribution in [2.75, 3.05) is 0 Å². The minimum absolute atomic E-state index is 0.125. The molecule has 0 saturated heterocycles. The number of fused-ring (bicyclic) bond motifs is 1. The fourth-order valence-corrected chi connectivity index (χ4v) is 3.67. The van der Waals surface area contributed by atoms with E-state index in [-0.39, 0.29) is 17.9 Å². The van der Waals surface area contributed by atoms with Crippen LogP contribution in [0.5, 0.6) is 0 Å². The highest BCUT2D eigenvalue weighted by molar-refractivity contribution is 5.87. The third-order valence-corrected chi connectivity index (χ3v) is 5.68. The van der Waals surface area contributed by atoms with Crippen LogP contribution >= 0.6 is 0 Å². The van der Waals surface area contributed by atoms with Crippen LogP contribution in [-0.2, 0) is 17.8 Å². The van der Waals surface area contributed by atoms with Gasteiger partial charge in [-0.25, -0.2) is 9.78 Å². The first kappa shape index (κ1) is 21.3. The van der Waals surface area contributed by atoms with Crippen molar-refractivity contribution < 1.29 is 14.7 Å². The molecule has 4 rings (SSSR count). The number of carboxylic acid groups (broad SMARTS) is 1. The number of imidazole rings is 1. The lowest BCUT2D eigenvalue weighted by Crippen LogP contribution is -2.25. The molecule has 2 aromatic carbocycles. The second-order valence-electron chi connectivity index (χ2n) is 8.09. The van der Waals surface area contributed by atoms with E-state index in [9.17, 15) is 9.59 Å². The molecule has 0 bridgehead atoms. The molecule has 0 spiro atoms. The van der Waals surface area contributed by atoms with Crippen LogP contribution in [-0.4, -0.2) is 26.4 Å². The largest absolute Gasteiger partial charge is 0.478 e. The summed E-state index contributed by atoms with van der Waals surface area (Å²) in [6.45, 7) is 6.49. The molecule has 0 atom stereocenters. The lowest BCUT2D eigenvalue weighted by molar-refractivity contribution is -0.120. The molecule has 2 N–H and O–H groups in total.